The minimum atomic E-state index is -1.34. The summed E-state index contributed by atoms with van der Waals surface area (Å²) >= 11 is 9.45. The highest BCUT2D eigenvalue weighted by Crippen LogP contribution is 2.64. The van der Waals surface area contributed by atoms with E-state index in [4.69, 9.17) is 11.6 Å². The van der Waals surface area contributed by atoms with Crippen LogP contribution in [-0.2, 0) is 19.2 Å². The second kappa shape index (κ2) is 10.1. The number of amides is 4. The van der Waals surface area contributed by atoms with Crippen LogP contribution in [-0.4, -0.2) is 28.7 Å². The molecule has 4 aliphatic rings. The number of anilines is 2. The van der Waals surface area contributed by atoms with Crippen molar-refractivity contribution >= 4 is 62.5 Å². The van der Waals surface area contributed by atoms with Gasteiger partial charge in [-0.15, -0.1) is 0 Å². The van der Waals surface area contributed by atoms with Gasteiger partial charge in [0, 0.05) is 16.0 Å². The van der Waals surface area contributed by atoms with E-state index < -0.39 is 52.6 Å². The summed E-state index contributed by atoms with van der Waals surface area (Å²) in [7, 11) is 0. The van der Waals surface area contributed by atoms with Crippen LogP contribution in [0.4, 0.5) is 15.8 Å². The molecule has 0 spiro atoms. The second-order valence-corrected chi connectivity index (χ2v) is 13.6. The SMILES string of the molecule is Cc1cccc(C2C3=CCC4C(=O)N(c5ccc(Br)cc5)C(=O)C4C3CC3C(=O)N(c4ccc(F)c(Cl)c4)C(=O)C32C)c1O. The van der Waals surface area contributed by atoms with E-state index in [2.05, 4.69) is 15.9 Å². The molecular formula is C34H27BrClFN2O5. The number of phenols is 1. The summed E-state index contributed by atoms with van der Waals surface area (Å²) in [5.74, 6) is -5.79. The van der Waals surface area contributed by atoms with E-state index >= 15 is 0 Å². The molecule has 2 aliphatic heterocycles. The first-order valence-electron chi connectivity index (χ1n) is 14.4. The molecule has 2 saturated heterocycles. The molecule has 10 heteroatoms. The molecule has 1 saturated carbocycles. The van der Waals surface area contributed by atoms with Crippen LogP contribution in [0.2, 0.25) is 5.02 Å². The lowest BCUT2D eigenvalue weighted by Crippen LogP contribution is -2.49. The number of halogens is 3. The molecule has 3 fully saturated rings. The Bertz CT molecular complexity index is 1830. The minimum absolute atomic E-state index is 0.00925. The Kier molecular flexibility index (Phi) is 6.64. The number of aromatic hydroxyl groups is 1. The lowest BCUT2D eigenvalue weighted by molar-refractivity contribution is -0.131. The summed E-state index contributed by atoms with van der Waals surface area (Å²) < 4.78 is 14.9. The van der Waals surface area contributed by atoms with E-state index in [1.807, 2.05) is 6.08 Å². The van der Waals surface area contributed by atoms with E-state index in [9.17, 15) is 28.7 Å². The Morgan fingerprint density at radius 1 is 0.932 bits per heavy atom. The van der Waals surface area contributed by atoms with Gasteiger partial charge in [0.2, 0.25) is 23.6 Å². The molecule has 2 heterocycles. The van der Waals surface area contributed by atoms with Crippen LogP contribution in [0.5, 0.6) is 5.75 Å². The maximum Gasteiger partial charge on any atom is 0.241 e. The Labute approximate surface area is 266 Å². The second-order valence-electron chi connectivity index (χ2n) is 12.3. The summed E-state index contributed by atoms with van der Waals surface area (Å²) in [6.07, 6.45) is 2.39. The number of benzene rings is 3. The molecule has 0 bridgehead atoms. The zero-order valence-electron chi connectivity index (χ0n) is 23.8. The van der Waals surface area contributed by atoms with Gasteiger partial charge in [-0.1, -0.05) is 57.4 Å². The number of allylic oxidation sites excluding steroid dienone is 2. The van der Waals surface area contributed by atoms with Crippen LogP contribution in [0.25, 0.3) is 0 Å². The molecule has 6 atom stereocenters. The van der Waals surface area contributed by atoms with E-state index in [1.165, 1.54) is 17.0 Å². The van der Waals surface area contributed by atoms with E-state index in [0.717, 1.165) is 21.0 Å². The average molecular weight is 678 g/mol. The Morgan fingerprint density at radius 2 is 1.64 bits per heavy atom. The summed E-state index contributed by atoms with van der Waals surface area (Å²) in [4.78, 5) is 58.8. The summed E-state index contributed by atoms with van der Waals surface area (Å²) in [5, 5.41) is 11.1. The molecule has 4 amide bonds. The minimum Gasteiger partial charge on any atom is -0.507 e. The largest absolute Gasteiger partial charge is 0.507 e. The number of hydrogen-bond acceptors (Lipinski definition) is 5. The number of aryl methyl sites for hydroxylation is 1. The van der Waals surface area contributed by atoms with Gasteiger partial charge in [-0.2, -0.15) is 0 Å². The van der Waals surface area contributed by atoms with Crippen molar-refractivity contribution in [2.75, 3.05) is 9.80 Å². The van der Waals surface area contributed by atoms with Gasteiger partial charge < -0.3 is 5.11 Å². The average Bonchev–Trinajstić information content (AvgIpc) is 3.36. The zero-order chi connectivity index (χ0) is 31.2. The summed E-state index contributed by atoms with van der Waals surface area (Å²) in [6, 6.07) is 16.0. The molecule has 2 aliphatic carbocycles. The monoisotopic (exact) mass is 676 g/mol. The third kappa shape index (κ3) is 3.91. The van der Waals surface area contributed by atoms with Crippen molar-refractivity contribution in [3.05, 3.63) is 98.8 Å². The molecule has 0 aromatic heterocycles. The lowest BCUT2D eigenvalue weighted by atomic mass is 9.51. The number of phenolic OH excluding ortho intramolecular Hbond substituents is 1. The van der Waals surface area contributed by atoms with Crippen molar-refractivity contribution in [1.29, 1.82) is 0 Å². The van der Waals surface area contributed by atoms with Gasteiger partial charge in [0.25, 0.3) is 0 Å². The van der Waals surface area contributed by atoms with Gasteiger partial charge in [-0.25, -0.2) is 9.29 Å². The number of carbonyl (C=O) groups is 4. The first kappa shape index (κ1) is 28.9. The van der Waals surface area contributed by atoms with Crippen molar-refractivity contribution in [3.63, 3.8) is 0 Å². The molecule has 3 aromatic carbocycles. The fourth-order valence-corrected chi connectivity index (χ4v) is 8.43. The number of hydrogen-bond donors (Lipinski definition) is 1. The van der Waals surface area contributed by atoms with Crippen molar-refractivity contribution < 1.29 is 28.7 Å². The van der Waals surface area contributed by atoms with E-state index in [0.29, 0.717) is 16.8 Å². The highest BCUT2D eigenvalue weighted by atomic mass is 79.9. The van der Waals surface area contributed by atoms with Gasteiger partial charge in [-0.05, 0) is 80.6 Å². The number of imide groups is 2. The van der Waals surface area contributed by atoms with Gasteiger partial charge in [0.15, 0.2) is 0 Å². The third-order valence-corrected chi connectivity index (χ3v) is 10.9. The van der Waals surface area contributed by atoms with Crippen LogP contribution < -0.4 is 9.80 Å². The van der Waals surface area contributed by atoms with Crippen molar-refractivity contribution in [2.24, 2.45) is 29.1 Å². The molecule has 224 valence electrons. The third-order valence-electron chi connectivity index (χ3n) is 10.1. The van der Waals surface area contributed by atoms with Crippen LogP contribution in [0.1, 0.15) is 36.8 Å². The number of carbonyl (C=O) groups excluding carboxylic acids is 4. The van der Waals surface area contributed by atoms with Crippen LogP contribution in [0.15, 0.2) is 76.8 Å². The van der Waals surface area contributed by atoms with Gasteiger partial charge in [-0.3, -0.25) is 24.1 Å². The maximum atomic E-state index is 14.5. The first-order valence-corrected chi connectivity index (χ1v) is 15.6. The Morgan fingerprint density at radius 3 is 2.34 bits per heavy atom. The highest BCUT2D eigenvalue weighted by Gasteiger charge is 2.68. The van der Waals surface area contributed by atoms with Crippen molar-refractivity contribution in [3.8, 4) is 5.75 Å². The molecule has 6 unspecified atom stereocenters. The first-order chi connectivity index (χ1) is 20.9. The number of fused-ring (bicyclic) bond motifs is 4. The molecule has 3 aromatic rings. The number of para-hydroxylation sites is 1. The summed E-state index contributed by atoms with van der Waals surface area (Å²) in [5.41, 5.74) is 1.14. The Hall–Kier alpha value is -3.82. The molecule has 0 radical (unpaired) electrons. The smallest absolute Gasteiger partial charge is 0.241 e. The van der Waals surface area contributed by atoms with Gasteiger partial charge >= 0.3 is 0 Å². The lowest BCUT2D eigenvalue weighted by Gasteiger charge is -2.49. The van der Waals surface area contributed by atoms with Crippen molar-refractivity contribution in [2.45, 2.75) is 32.6 Å². The molecule has 1 N–H and O–H groups in total. The predicted molar refractivity (Wildman–Crippen MR) is 166 cm³/mol. The zero-order valence-corrected chi connectivity index (χ0v) is 26.1. The molecular weight excluding hydrogens is 651 g/mol. The van der Waals surface area contributed by atoms with E-state index in [-0.39, 0.29) is 41.1 Å². The fraction of sp³-hybridized carbons (Fsp3) is 0.294. The fourth-order valence-electron chi connectivity index (χ4n) is 7.99. The van der Waals surface area contributed by atoms with Gasteiger partial charge in [0.1, 0.15) is 11.6 Å². The highest BCUT2D eigenvalue weighted by molar-refractivity contribution is 9.10. The maximum absolute atomic E-state index is 14.5. The predicted octanol–water partition coefficient (Wildman–Crippen LogP) is 6.69. The topological polar surface area (TPSA) is 95.0 Å². The summed E-state index contributed by atoms with van der Waals surface area (Å²) in [6.45, 7) is 3.49. The normalized spacial score (nSPS) is 29.5. The van der Waals surface area contributed by atoms with E-state index in [1.54, 1.807) is 56.3 Å². The molecule has 44 heavy (non-hydrogen) atoms. The van der Waals surface area contributed by atoms with Gasteiger partial charge in [0.05, 0.1) is 39.6 Å². The molecule has 7 nitrogen and oxygen atoms in total. The Balaban J connectivity index is 1.38. The van der Waals surface area contributed by atoms with Crippen LogP contribution in [0.3, 0.4) is 0 Å². The standard InChI is InChI=1S/C34H27BrClFN2O5/c1-16-4-3-5-22(29(16)40)28-20-11-12-21-27(32(43)38(30(21)41)18-8-6-17(35)7-9-18)23(20)15-24-31(42)39(33(44)34(24,28)2)19-10-13-26(37)25(36)14-19/h3-11,13-14,21,23-24,27-28,40H,12,15H2,1-2H3. The quantitative estimate of drug-likeness (QED) is 0.246. The number of nitrogens with zero attached hydrogens (tertiary/aromatic N) is 2. The number of rotatable bonds is 3. The van der Waals surface area contributed by atoms with Crippen molar-refractivity contribution in [1.82, 2.24) is 0 Å². The van der Waals surface area contributed by atoms with Crippen LogP contribution >= 0.6 is 27.5 Å². The van der Waals surface area contributed by atoms with Crippen LogP contribution in [0, 0.1) is 41.8 Å². The molecule has 7 rings (SSSR count).